The Morgan fingerprint density at radius 2 is 2.00 bits per heavy atom. The van der Waals surface area contributed by atoms with Crippen LogP contribution in [0.15, 0.2) is 71.7 Å². The molecule has 0 radical (unpaired) electrons. The number of halogens is 2. The van der Waals surface area contributed by atoms with Crippen molar-refractivity contribution in [2.75, 3.05) is 0 Å². The van der Waals surface area contributed by atoms with Crippen LogP contribution in [0.5, 0.6) is 0 Å². The minimum Gasteiger partial charge on any atom is -0.347 e. The molecule has 0 bridgehead atoms. The maximum Gasteiger partial charge on any atom is 0.262 e. The van der Waals surface area contributed by atoms with Gasteiger partial charge < -0.3 is 9.88 Å². The number of aromatic nitrogens is 1. The Labute approximate surface area is 193 Å². The quantitative estimate of drug-likeness (QED) is 0.269. The van der Waals surface area contributed by atoms with E-state index in [1.807, 2.05) is 60.1 Å². The first-order valence-electron chi connectivity index (χ1n) is 9.49. The fraction of sp³-hybridized carbons (Fsp3) is 0.0833. The highest BCUT2D eigenvalue weighted by atomic mass is 35.5. The Balaban J connectivity index is 1.65. The van der Waals surface area contributed by atoms with Crippen molar-refractivity contribution in [2.45, 2.75) is 13.1 Å². The second-order valence-corrected chi connectivity index (χ2v) is 8.77. The van der Waals surface area contributed by atoms with E-state index in [4.69, 9.17) is 23.2 Å². The Kier molecular flexibility index (Phi) is 6.43. The van der Waals surface area contributed by atoms with Crippen molar-refractivity contribution in [2.24, 2.45) is 0 Å². The number of para-hydroxylation sites is 1. The predicted molar refractivity (Wildman–Crippen MR) is 127 cm³/mol. The zero-order valence-electron chi connectivity index (χ0n) is 16.3. The molecular formula is C24H17Cl2N3OS. The molecule has 2 heterocycles. The third-order valence-electron chi connectivity index (χ3n) is 4.84. The van der Waals surface area contributed by atoms with Gasteiger partial charge >= 0.3 is 0 Å². The summed E-state index contributed by atoms with van der Waals surface area (Å²) < 4.78 is 2.05. The number of benzene rings is 2. The first-order chi connectivity index (χ1) is 15.0. The van der Waals surface area contributed by atoms with Crippen LogP contribution in [-0.4, -0.2) is 10.5 Å². The maximum atomic E-state index is 12.6. The van der Waals surface area contributed by atoms with Crippen LogP contribution in [0.1, 0.15) is 16.0 Å². The summed E-state index contributed by atoms with van der Waals surface area (Å²) in [5, 5.41) is 16.5. The van der Waals surface area contributed by atoms with Gasteiger partial charge in [0.15, 0.2) is 0 Å². The number of amides is 1. The van der Waals surface area contributed by atoms with Gasteiger partial charge in [0.05, 0.1) is 6.54 Å². The second kappa shape index (κ2) is 9.40. The molecule has 2 aromatic carbocycles. The number of rotatable bonds is 6. The molecule has 1 amide bonds. The molecule has 154 valence electrons. The zero-order chi connectivity index (χ0) is 21.8. The average Bonchev–Trinajstić information content (AvgIpc) is 3.41. The highest BCUT2D eigenvalue weighted by molar-refractivity contribution is 7.09. The van der Waals surface area contributed by atoms with Gasteiger partial charge in [0.1, 0.15) is 11.6 Å². The van der Waals surface area contributed by atoms with Crippen molar-refractivity contribution in [3.8, 4) is 6.07 Å². The van der Waals surface area contributed by atoms with Crippen LogP contribution in [0.2, 0.25) is 10.0 Å². The standard InChI is InChI=1S/C24H17Cl2N3OS/c25-19-8-7-16(22(26)11-19)14-29-15-18(21-5-1-2-6-23(21)29)10-17(12-27)24(30)28-13-20-4-3-9-31-20/h1-11,15H,13-14H2,(H,28,30)/b17-10+. The molecule has 0 aliphatic rings. The normalized spacial score (nSPS) is 11.5. The van der Waals surface area contributed by atoms with Crippen LogP contribution in [0, 0.1) is 11.3 Å². The number of carbonyl (C=O) groups is 1. The highest BCUT2D eigenvalue weighted by Gasteiger charge is 2.13. The first kappa shape index (κ1) is 21.2. The lowest BCUT2D eigenvalue weighted by Crippen LogP contribution is -2.23. The molecule has 31 heavy (non-hydrogen) atoms. The van der Waals surface area contributed by atoms with Crippen LogP contribution in [0.25, 0.3) is 17.0 Å². The number of nitriles is 1. The fourth-order valence-corrected chi connectivity index (χ4v) is 4.45. The van der Waals surface area contributed by atoms with E-state index in [0.717, 1.165) is 26.9 Å². The van der Waals surface area contributed by atoms with Crippen LogP contribution < -0.4 is 5.32 Å². The van der Waals surface area contributed by atoms with E-state index < -0.39 is 5.91 Å². The van der Waals surface area contributed by atoms with Gasteiger partial charge in [0.2, 0.25) is 0 Å². The van der Waals surface area contributed by atoms with Gasteiger partial charge in [-0.15, -0.1) is 11.3 Å². The molecule has 1 N–H and O–H groups in total. The number of hydrogen-bond acceptors (Lipinski definition) is 3. The summed E-state index contributed by atoms with van der Waals surface area (Å²) in [5.74, 6) is -0.395. The predicted octanol–water partition coefficient (Wildman–Crippen LogP) is 6.28. The molecular weight excluding hydrogens is 449 g/mol. The van der Waals surface area contributed by atoms with Crippen molar-refractivity contribution >= 4 is 57.4 Å². The number of thiophene rings is 1. The monoisotopic (exact) mass is 465 g/mol. The lowest BCUT2D eigenvalue weighted by Gasteiger charge is -2.08. The Morgan fingerprint density at radius 1 is 1.16 bits per heavy atom. The summed E-state index contributed by atoms with van der Waals surface area (Å²) in [4.78, 5) is 13.6. The molecule has 0 unspecified atom stereocenters. The van der Waals surface area contributed by atoms with Crippen molar-refractivity contribution < 1.29 is 4.79 Å². The Hall–Kier alpha value is -3.04. The largest absolute Gasteiger partial charge is 0.347 e. The van der Waals surface area contributed by atoms with Crippen molar-refractivity contribution in [3.63, 3.8) is 0 Å². The summed E-state index contributed by atoms with van der Waals surface area (Å²) in [5.41, 5.74) is 2.76. The molecule has 0 saturated heterocycles. The lowest BCUT2D eigenvalue weighted by atomic mass is 10.1. The summed E-state index contributed by atoms with van der Waals surface area (Å²) in [6, 6.07) is 19.2. The maximum absolute atomic E-state index is 12.6. The van der Waals surface area contributed by atoms with E-state index in [1.165, 1.54) is 0 Å². The topological polar surface area (TPSA) is 57.8 Å². The molecule has 4 rings (SSSR count). The lowest BCUT2D eigenvalue weighted by molar-refractivity contribution is -0.117. The highest BCUT2D eigenvalue weighted by Crippen LogP contribution is 2.27. The van der Waals surface area contributed by atoms with Crippen LogP contribution >= 0.6 is 34.5 Å². The molecule has 0 atom stereocenters. The van der Waals surface area contributed by atoms with E-state index in [1.54, 1.807) is 29.5 Å². The van der Waals surface area contributed by atoms with Gasteiger partial charge in [0, 0.05) is 44.1 Å². The van der Waals surface area contributed by atoms with Crippen molar-refractivity contribution in [1.82, 2.24) is 9.88 Å². The van der Waals surface area contributed by atoms with Gasteiger partial charge in [-0.25, -0.2) is 0 Å². The fourth-order valence-electron chi connectivity index (χ4n) is 3.33. The number of carbonyl (C=O) groups excluding carboxylic acids is 1. The van der Waals surface area contributed by atoms with Gasteiger partial charge in [-0.2, -0.15) is 5.26 Å². The molecule has 0 saturated carbocycles. The van der Waals surface area contributed by atoms with E-state index in [9.17, 15) is 10.1 Å². The van der Waals surface area contributed by atoms with Gasteiger partial charge in [-0.1, -0.05) is 53.5 Å². The number of nitrogens with zero attached hydrogens (tertiary/aromatic N) is 2. The average molecular weight is 466 g/mol. The van der Waals surface area contributed by atoms with E-state index >= 15 is 0 Å². The third kappa shape index (κ3) is 4.83. The van der Waals surface area contributed by atoms with Crippen LogP contribution in [0.3, 0.4) is 0 Å². The second-order valence-electron chi connectivity index (χ2n) is 6.90. The molecule has 0 spiro atoms. The van der Waals surface area contributed by atoms with Gasteiger partial charge in [0.25, 0.3) is 5.91 Å². The van der Waals surface area contributed by atoms with E-state index in [-0.39, 0.29) is 5.57 Å². The number of fused-ring (bicyclic) bond motifs is 1. The minimum atomic E-state index is -0.395. The van der Waals surface area contributed by atoms with Gasteiger partial charge in [-0.05, 0) is 41.3 Å². The van der Waals surface area contributed by atoms with Gasteiger partial charge in [-0.3, -0.25) is 4.79 Å². The smallest absolute Gasteiger partial charge is 0.262 e. The Bertz CT molecular complexity index is 1320. The molecule has 0 aliphatic carbocycles. The van der Waals surface area contributed by atoms with E-state index in [0.29, 0.717) is 23.1 Å². The first-order valence-corrected chi connectivity index (χ1v) is 11.1. The van der Waals surface area contributed by atoms with Crippen molar-refractivity contribution in [1.29, 1.82) is 5.26 Å². The number of hydrogen-bond donors (Lipinski definition) is 1. The van der Waals surface area contributed by atoms with Crippen LogP contribution in [-0.2, 0) is 17.9 Å². The number of nitrogens with one attached hydrogen (secondary N) is 1. The summed E-state index contributed by atoms with van der Waals surface area (Å²) >= 11 is 13.9. The van der Waals surface area contributed by atoms with E-state index in [2.05, 4.69) is 9.88 Å². The molecule has 4 aromatic rings. The zero-order valence-corrected chi connectivity index (χ0v) is 18.6. The third-order valence-corrected chi connectivity index (χ3v) is 6.31. The molecule has 4 nitrogen and oxygen atoms in total. The van der Waals surface area contributed by atoms with Crippen LogP contribution in [0.4, 0.5) is 0 Å². The molecule has 0 aliphatic heterocycles. The minimum absolute atomic E-state index is 0.0592. The molecule has 7 heteroatoms. The molecule has 0 fully saturated rings. The van der Waals surface area contributed by atoms with Crippen molar-refractivity contribution in [3.05, 3.63) is 97.8 Å². The Morgan fingerprint density at radius 3 is 2.74 bits per heavy atom. The SMILES string of the molecule is N#C/C(=C\c1cn(Cc2ccc(Cl)cc2Cl)c2ccccc12)C(=O)NCc1cccs1. The summed E-state index contributed by atoms with van der Waals surface area (Å²) in [7, 11) is 0. The molecule has 2 aromatic heterocycles. The summed E-state index contributed by atoms with van der Waals surface area (Å²) in [6.07, 6.45) is 3.56. The summed E-state index contributed by atoms with van der Waals surface area (Å²) in [6.45, 7) is 0.934.